The van der Waals surface area contributed by atoms with Crippen LogP contribution in [0.15, 0.2) is 18.2 Å². The third kappa shape index (κ3) is 2.57. The van der Waals surface area contributed by atoms with E-state index in [0.717, 1.165) is 17.1 Å². The highest BCUT2D eigenvalue weighted by Gasteiger charge is 2.26. The summed E-state index contributed by atoms with van der Waals surface area (Å²) in [4.78, 5) is 28.9. The Kier molecular flexibility index (Phi) is 3.30. The second kappa shape index (κ2) is 5.13. The number of carbonyl (C=O) groups excluding carboxylic acids is 1. The monoisotopic (exact) mass is 304 g/mol. The van der Waals surface area contributed by atoms with E-state index in [2.05, 4.69) is 14.7 Å². The largest absolute Gasteiger partial charge is 0.478 e. The van der Waals surface area contributed by atoms with Gasteiger partial charge in [-0.05, 0) is 31.0 Å². The van der Waals surface area contributed by atoms with E-state index in [0.29, 0.717) is 29.6 Å². The number of aromatic carboxylic acids is 1. The summed E-state index contributed by atoms with van der Waals surface area (Å²) in [5.74, 6) is -0.407. The van der Waals surface area contributed by atoms with Crippen molar-refractivity contribution in [1.82, 2.24) is 9.36 Å². The van der Waals surface area contributed by atoms with Crippen LogP contribution in [0.1, 0.15) is 21.7 Å². The van der Waals surface area contributed by atoms with Crippen LogP contribution in [0.4, 0.5) is 15.6 Å². The summed E-state index contributed by atoms with van der Waals surface area (Å²) >= 11 is 1.11. The summed E-state index contributed by atoms with van der Waals surface area (Å²) < 4.78 is 4.00. The van der Waals surface area contributed by atoms with Gasteiger partial charge in [-0.2, -0.15) is 4.37 Å². The number of aryl methyl sites for hydroxylation is 1. The van der Waals surface area contributed by atoms with Crippen molar-refractivity contribution in [3.63, 3.8) is 0 Å². The van der Waals surface area contributed by atoms with Crippen molar-refractivity contribution in [3.8, 4) is 0 Å². The van der Waals surface area contributed by atoms with E-state index in [1.165, 1.54) is 11.0 Å². The molecular formula is C13H12N4O3S. The van der Waals surface area contributed by atoms with E-state index >= 15 is 0 Å². The number of anilines is 2. The number of hydrogen-bond acceptors (Lipinski definition) is 5. The number of aromatic nitrogens is 2. The highest BCUT2D eigenvalue weighted by atomic mass is 32.1. The predicted octanol–water partition coefficient (Wildman–Crippen LogP) is 2.14. The summed E-state index contributed by atoms with van der Waals surface area (Å²) in [6.07, 6.45) is 0.706. The molecule has 0 radical (unpaired) electrons. The molecule has 0 saturated carbocycles. The van der Waals surface area contributed by atoms with E-state index in [-0.39, 0.29) is 11.6 Å². The van der Waals surface area contributed by atoms with Crippen LogP contribution in [0.25, 0.3) is 0 Å². The lowest BCUT2D eigenvalue weighted by molar-refractivity contribution is 0.0697. The minimum atomic E-state index is -1.01. The minimum Gasteiger partial charge on any atom is -0.478 e. The molecule has 3 rings (SSSR count). The molecule has 0 fully saturated rings. The first-order valence-electron chi connectivity index (χ1n) is 6.29. The van der Waals surface area contributed by atoms with Crippen molar-refractivity contribution in [3.05, 3.63) is 35.2 Å². The van der Waals surface area contributed by atoms with Gasteiger partial charge >= 0.3 is 12.0 Å². The Morgan fingerprint density at radius 1 is 1.43 bits per heavy atom. The second-order valence-corrected chi connectivity index (χ2v) is 5.38. The second-order valence-electron chi connectivity index (χ2n) is 4.63. The zero-order valence-corrected chi connectivity index (χ0v) is 12.0. The molecule has 1 aromatic carbocycles. The maximum atomic E-state index is 12.3. The van der Waals surface area contributed by atoms with Gasteiger partial charge in [0.25, 0.3) is 0 Å². The Hall–Kier alpha value is -2.48. The minimum absolute atomic E-state index is 0.167. The molecule has 0 bridgehead atoms. The number of nitrogens with one attached hydrogen (secondary N) is 1. The molecule has 2 heterocycles. The van der Waals surface area contributed by atoms with Crippen LogP contribution in [0.3, 0.4) is 0 Å². The van der Waals surface area contributed by atoms with Gasteiger partial charge in [0.1, 0.15) is 5.82 Å². The molecule has 2 amide bonds. The topological polar surface area (TPSA) is 95.4 Å². The van der Waals surface area contributed by atoms with Crippen molar-refractivity contribution >= 4 is 34.4 Å². The van der Waals surface area contributed by atoms with Gasteiger partial charge in [0.05, 0.1) is 5.56 Å². The number of rotatable bonds is 2. The van der Waals surface area contributed by atoms with Gasteiger partial charge in [0.2, 0.25) is 5.13 Å². The van der Waals surface area contributed by atoms with Crippen LogP contribution in [0, 0.1) is 6.92 Å². The quantitative estimate of drug-likeness (QED) is 0.886. The number of fused-ring (bicyclic) bond motifs is 1. The average molecular weight is 304 g/mol. The van der Waals surface area contributed by atoms with Crippen molar-refractivity contribution in [2.45, 2.75) is 13.3 Å². The van der Waals surface area contributed by atoms with Gasteiger partial charge in [-0.1, -0.05) is 6.07 Å². The van der Waals surface area contributed by atoms with Gasteiger partial charge in [0.15, 0.2) is 0 Å². The van der Waals surface area contributed by atoms with Gasteiger partial charge in [-0.15, -0.1) is 0 Å². The average Bonchev–Trinajstić information content (AvgIpc) is 3.04. The molecule has 0 atom stereocenters. The smallest absolute Gasteiger partial charge is 0.335 e. The SMILES string of the molecule is Cc1nsc(NC(=O)N2CCc3ccc(C(=O)O)cc32)n1. The predicted molar refractivity (Wildman–Crippen MR) is 78.1 cm³/mol. The third-order valence-electron chi connectivity index (χ3n) is 3.21. The standard InChI is InChI=1S/C13H12N4O3S/c1-7-14-12(21-16-7)15-13(20)17-5-4-8-2-3-9(11(18)19)6-10(8)17/h2-3,6H,4-5H2,1H3,(H,18,19)(H,14,15,16,20). The van der Waals surface area contributed by atoms with Crippen molar-refractivity contribution in [1.29, 1.82) is 0 Å². The molecule has 1 aliphatic heterocycles. The highest BCUT2D eigenvalue weighted by molar-refractivity contribution is 7.09. The number of hydrogen-bond donors (Lipinski definition) is 2. The first kappa shape index (κ1) is 13.5. The molecular weight excluding hydrogens is 292 g/mol. The summed E-state index contributed by atoms with van der Waals surface area (Å²) in [5.41, 5.74) is 1.76. The number of benzene rings is 1. The van der Waals surface area contributed by atoms with E-state index < -0.39 is 5.97 Å². The van der Waals surface area contributed by atoms with Crippen LogP contribution in [0.5, 0.6) is 0 Å². The molecule has 2 N–H and O–H groups in total. The zero-order chi connectivity index (χ0) is 15.0. The summed E-state index contributed by atoms with van der Waals surface area (Å²) in [5, 5.41) is 12.2. The van der Waals surface area contributed by atoms with Crippen molar-refractivity contribution in [2.75, 3.05) is 16.8 Å². The lowest BCUT2D eigenvalue weighted by atomic mass is 10.1. The zero-order valence-electron chi connectivity index (χ0n) is 11.2. The Labute approximate surface area is 124 Å². The number of amides is 2. The van der Waals surface area contributed by atoms with Gasteiger partial charge in [0, 0.05) is 23.8 Å². The number of urea groups is 1. The van der Waals surface area contributed by atoms with Crippen LogP contribution in [-0.2, 0) is 6.42 Å². The van der Waals surface area contributed by atoms with E-state index in [1.54, 1.807) is 19.1 Å². The molecule has 8 heteroatoms. The first-order chi connectivity index (χ1) is 10.0. The molecule has 0 aliphatic carbocycles. The molecule has 0 spiro atoms. The number of carboxylic acid groups (broad SMARTS) is 1. The molecule has 108 valence electrons. The molecule has 2 aromatic rings. The van der Waals surface area contributed by atoms with Gasteiger partial charge < -0.3 is 5.11 Å². The molecule has 0 unspecified atom stereocenters. The van der Waals surface area contributed by atoms with E-state index in [9.17, 15) is 9.59 Å². The highest BCUT2D eigenvalue weighted by Crippen LogP contribution is 2.29. The van der Waals surface area contributed by atoms with E-state index in [1.807, 2.05) is 0 Å². The lowest BCUT2D eigenvalue weighted by Gasteiger charge is -2.17. The fourth-order valence-electron chi connectivity index (χ4n) is 2.23. The molecule has 0 saturated heterocycles. The number of carboxylic acids is 1. The Balaban J connectivity index is 1.84. The first-order valence-corrected chi connectivity index (χ1v) is 7.07. The third-order valence-corrected chi connectivity index (χ3v) is 3.94. The van der Waals surface area contributed by atoms with Gasteiger partial charge in [-0.3, -0.25) is 10.2 Å². The van der Waals surface area contributed by atoms with Gasteiger partial charge in [-0.25, -0.2) is 14.6 Å². The molecule has 21 heavy (non-hydrogen) atoms. The molecule has 7 nitrogen and oxygen atoms in total. The normalized spacial score (nSPS) is 13.1. The Morgan fingerprint density at radius 3 is 2.90 bits per heavy atom. The van der Waals surface area contributed by atoms with Crippen LogP contribution in [0.2, 0.25) is 0 Å². The van der Waals surface area contributed by atoms with Crippen molar-refractivity contribution in [2.24, 2.45) is 0 Å². The van der Waals surface area contributed by atoms with Crippen LogP contribution >= 0.6 is 11.5 Å². The van der Waals surface area contributed by atoms with Crippen LogP contribution in [-0.4, -0.2) is 33.0 Å². The van der Waals surface area contributed by atoms with Crippen LogP contribution < -0.4 is 10.2 Å². The molecule has 1 aromatic heterocycles. The Bertz CT molecular complexity index is 728. The summed E-state index contributed by atoms with van der Waals surface area (Å²) in [7, 11) is 0. The van der Waals surface area contributed by atoms with E-state index in [4.69, 9.17) is 5.11 Å². The fourth-order valence-corrected chi connectivity index (χ4v) is 2.80. The fraction of sp³-hybridized carbons (Fsp3) is 0.231. The van der Waals surface area contributed by atoms with Crippen molar-refractivity contribution < 1.29 is 14.7 Å². The lowest BCUT2D eigenvalue weighted by Crippen LogP contribution is -2.33. The summed E-state index contributed by atoms with van der Waals surface area (Å²) in [6.45, 7) is 2.26. The number of carbonyl (C=O) groups is 2. The maximum absolute atomic E-state index is 12.3. The molecule has 1 aliphatic rings. The Morgan fingerprint density at radius 2 is 2.24 bits per heavy atom. The summed E-state index contributed by atoms with van der Waals surface area (Å²) in [6, 6.07) is 4.50. The maximum Gasteiger partial charge on any atom is 0.335 e. The number of nitrogens with zero attached hydrogens (tertiary/aromatic N) is 3.